The van der Waals surface area contributed by atoms with E-state index in [1.54, 1.807) is 12.5 Å². The SMILES string of the molecule is O=C(c1ccc2c(c1)CCCC2)N1CCCC1c1ccncn1. The Morgan fingerprint density at radius 3 is 2.78 bits per heavy atom. The molecule has 1 atom stereocenters. The number of hydrogen-bond acceptors (Lipinski definition) is 3. The Hall–Kier alpha value is -2.23. The summed E-state index contributed by atoms with van der Waals surface area (Å²) in [4.78, 5) is 23.3. The highest BCUT2D eigenvalue weighted by Gasteiger charge is 2.31. The van der Waals surface area contributed by atoms with Crippen LogP contribution in [0.4, 0.5) is 0 Å². The molecule has 118 valence electrons. The monoisotopic (exact) mass is 307 g/mol. The van der Waals surface area contributed by atoms with Gasteiger partial charge in [-0.1, -0.05) is 6.07 Å². The lowest BCUT2D eigenvalue weighted by Gasteiger charge is -2.25. The Morgan fingerprint density at radius 1 is 1.09 bits per heavy atom. The smallest absolute Gasteiger partial charge is 0.254 e. The first-order valence-corrected chi connectivity index (χ1v) is 8.51. The third-order valence-corrected chi connectivity index (χ3v) is 5.06. The van der Waals surface area contributed by atoms with Crippen LogP contribution in [0.25, 0.3) is 0 Å². The van der Waals surface area contributed by atoms with Gasteiger partial charge in [-0.2, -0.15) is 0 Å². The molecule has 2 heterocycles. The number of amides is 1. The molecule has 4 heteroatoms. The van der Waals surface area contributed by atoms with Crippen LogP contribution in [0.5, 0.6) is 0 Å². The van der Waals surface area contributed by atoms with Gasteiger partial charge >= 0.3 is 0 Å². The van der Waals surface area contributed by atoms with Crippen LogP contribution in [0.2, 0.25) is 0 Å². The van der Waals surface area contributed by atoms with Gasteiger partial charge in [-0.05, 0) is 67.9 Å². The highest BCUT2D eigenvalue weighted by atomic mass is 16.2. The number of hydrogen-bond donors (Lipinski definition) is 0. The summed E-state index contributed by atoms with van der Waals surface area (Å²) < 4.78 is 0. The number of aryl methyl sites for hydroxylation is 2. The van der Waals surface area contributed by atoms with Crippen molar-refractivity contribution in [3.63, 3.8) is 0 Å². The fourth-order valence-corrected chi connectivity index (χ4v) is 3.85. The van der Waals surface area contributed by atoms with E-state index < -0.39 is 0 Å². The predicted octanol–water partition coefficient (Wildman–Crippen LogP) is 3.33. The van der Waals surface area contributed by atoms with Crippen LogP contribution in [0.1, 0.15) is 58.9 Å². The maximum absolute atomic E-state index is 13.0. The molecule has 0 N–H and O–H groups in total. The molecular formula is C19H21N3O. The number of benzene rings is 1. The largest absolute Gasteiger partial charge is 0.330 e. The van der Waals surface area contributed by atoms with Crippen molar-refractivity contribution in [2.75, 3.05) is 6.54 Å². The molecule has 1 aliphatic carbocycles. The zero-order valence-electron chi connectivity index (χ0n) is 13.2. The fourth-order valence-electron chi connectivity index (χ4n) is 3.85. The lowest BCUT2D eigenvalue weighted by atomic mass is 9.90. The minimum atomic E-state index is 0.0848. The zero-order valence-corrected chi connectivity index (χ0v) is 13.2. The Balaban J connectivity index is 1.61. The van der Waals surface area contributed by atoms with E-state index in [1.165, 1.54) is 24.0 Å². The van der Waals surface area contributed by atoms with Crippen LogP contribution < -0.4 is 0 Å². The maximum Gasteiger partial charge on any atom is 0.254 e. The van der Waals surface area contributed by atoms with Crippen LogP contribution in [-0.2, 0) is 12.8 Å². The molecule has 0 spiro atoms. The lowest BCUT2D eigenvalue weighted by molar-refractivity contribution is 0.0732. The molecule has 0 saturated carbocycles. The maximum atomic E-state index is 13.0. The summed E-state index contributed by atoms with van der Waals surface area (Å²) in [6.45, 7) is 0.810. The number of likely N-dealkylation sites (tertiary alicyclic amines) is 1. The molecule has 23 heavy (non-hydrogen) atoms. The molecule has 2 aromatic rings. The first-order chi connectivity index (χ1) is 11.3. The summed E-state index contributed by atoms with van der Waals surface area (Å²) in [5.41, 5.74) is 4.55. The second-order valence-corrected chi connectivity index (χ2v) is 6.48. The topological polar surface area (TPSA) is 46.1 Å². The number of nitrogens with zero attached hydrogens (tertiary/aromatic N) is 3. The van der Waals surface area contributed by atoms with Crippen LogP contribution in [0.3, 0.4) is 0 Å². The minimum Gasteiger partial charge on any atom is -0.330 e. The van der Waals surface area contributed by atoms with Crippen molar-refractivity contribution in [3.05, 3.63) is 59.2 Å². The summed E-state index contributed by atoms with van der Waals surface area (Å²) in [5.74, 6) is 0.138. The number of fused-ring (bicyclic) bond motifs is 1. The third-order valence-electron chi connectivity index (χ3n) is 5.06. The summed E-state index contributed by atoms with van der Waals surface area (Å²) in [6, 6.07) is 8.27. The summed E-state index contributed by atoms with van der Waals surface area (Å²) in [5, 5.41) is 0. The van der Waals surface area contributed by atoms with Gasteiger partial charge in [0, 0.05) is 18.3 Å². The molecule has 2 aliphatic rings. The van der Waals surface area contributed by atoms with Gasteiger partial charge in [0.05, 0.1) is 11.7 Å². The van der Waals surface area contributed by atoms with Crippen LogP contribution >= 0.6 is 0 Å². The van der Waals surface area contributed by atoms with Crippen LogP contribution in [-0.4, -0.2) is 27.3 Å². The van der Waals surface area contributed by atoms with E-state index in [-0.39, 0.29) is 11.9 Å². The van der Waals surface area contributed by atoms with Crippen molar-refractivity contribution in [1.29, 1.82) is 0 Å². The van der Waals surface area contributed by atoms with E-state index in [0.29, 0.717) is 0 Å². The average molecular weight is 307 g/mol. The molecule has 1 saturated heterocycles. The Labute approximate surface area is 136 Å². The second kappa shape index (κ2) is 6.11. The number of rotatable bonds is 2. The van der Waals surface area contributed by atoms with E-state index in [2.05, 4.69) is 22.1 Å². The summed E-state index contributed by atoms with van der Waals surface area (Å²) >= 11 is 0. The molecule has 1 unspecified atom stereocenters. The fraction of sp³-hybridized carbons (Fsp3) is 0.421. The number of aromatic nitrogens is 2. The van der Waals surface area contributed by atoms with E-state index in [1.807, 2.05) is 17.0 Å². The summed E-state index contributed by atoms with van der Waals surface area (Å²) in [6.07, 6.45) is 10.1. The molecule has 1 aliphatic heterocycles. The van der Waals surface area contributed by atoms with Gasteiger partial charge < -0.3 is 4.90 Å². The van der Waals surface area contributed by atoms with E-state index >= 15 is 0 Å². The predicted molar refractivity (Wildman–Crippen MR) is 88.1 cm³/mol. The molecular weight excluding hydrogens is 286 g/mol. The van der Waals surface area contributed by atoms with Crippen molar-refractivity contribution in [1.82, 2.24) is 14.9 Å². The van der Waals surface area contributed by atoms with Gasteiger partial charge in [-0.15, -0.1) is 0 Å². The van der Waals surface area contributed by atoms with Crippen molar-refractivity contribution >= 4 is 5.91 Å². The lowest BCUT2D eigenvalue weighted by Crippen LogP contribution is -2.31. The molecule has 0 bridgehead atoms. The van der Waals surface area contributed by atoms with Crippen LogP contribution in [0.15, 0.2) is 36.8 Å². The van der Waals surface area contributed by atoms with Crippen LogP contribution in [0, 0.1) is 0 Å². The van der Waals surface area contributed by atoms with Gasteiger partial charge in [0.1, 0.15) is 6.33 Å². The number of carbonyl (C=O) groups is 1. The highest BCUT2D eigenvalue weighted by Crippen LogP contribution is 2.32. The molecule has 1 amide bonds. The molecule has 1 aromatic heterocycles. The van der Waals surface area contributed by atoms with E-state index in [4.69, 9.17) is 0 Å². The van der Waals surface area contributed by atoms with Gasteiger partial charge in [0.2, 0.25) is 0 Å². The number of carbonyl (C=O) groups excluding carboxylic acids is 1. The Kier molecular flexibility index (Phi) is 3.82. The molecule has 1 aromatic carbocycles. The molecule has 1 fully saturated rings. The van der Waals surface area contributed by atoms with Crippen molar-refractivity contribution < 1.29 is 4.79 Å². The van der Waals surface area contributed by atoms with Crippen molar-refractivity contribution in [2.45, 2.75) is 44.6 Å². The average Bonchev–Trinajstić information content (AvgIpc) is 3.11. The first kappa shape index (κ1) is 14.4. The van der Waals surface area contributed by atoms with Gasteiger partial charge in [0.15, 0.2) is 0 Å². The molecule has 0 radical (unpaired) electrons. The Bertz CT molecular complexity index is 714. The molecule has 4 nitrogen and oxygen atoms in total. The quantitative estimate of drug-likeness (QED) is 0.855. The zero-order chi connectivity index (χ0) is 15.6. The van der Waals surface area contributed by atoms with Crippen molar-refractivity contribution in [3.8, 4) is 0 Å². The normalized spacial score (nSPS) is 20.3. The first-order valence-electron chi connectivity index (χ1n) is 8.51. The van der Waals surface area contributed by atoms with E-state index in [9.17, 15) is 4.79 Å². The van der Waals surface area contributed by atoms with Gasteiger partial charge in [-0.25, -0.2) is 9.97 Å². The standard InChI is InChI=1S/C19H21N3O/c23-19(16-8-7-14-4-1-2-5-15(14)12-16)22-11-3-6-18(22)17-9-10-20-13-21-17/h7-10,12-13,18H,1-6,11H2. The van der Waals surface area contributed by atoms with Gasteiger partial charge in [-0.3, -0.25) is 4.79 Å². The third kappa shape index (κ3) is 2.74. The van der Waals surface area contributed by atoms with Gasteiger partial charge in [0.25, 0.3) is 5.91 Å². The van der Waals surface area contributed by atoms with E-state index in [0.717, 1.165) is 43.5 Å². The second-order valence-electron chi connectivity index (χ2n) is 6.48. The van der Waals surface area contributed by atoms with Crippen molar-refractivity contribution in [2.24, 2.45) is 0 Å². The summed E-state index contributed by atoms with van der Waals surface area (Å²) in [7, 11) is 0. The molecule has 4 rings (SSSR count). The Morgan fingerprint density at radius 2 is 1.96 bits per heavy atom. The highest BCUT2D eigenvalue weighted by molar-refractivity contribution is 5.95. The minimum absolute atomic E-state index is 0.0848.